The van der Waals surface area contributed by atoms with Crippen LogP contribution in [0.15, 0.2) is 52.7 Å². The van der Waals surface area contributed by atoms with Gasteiger partial charge in [0, 0.05) is 19.8 Å². The fourth-order valence-corrected chi connectivity index (χ4v) is 3.09. The molecule has 128 valence electrons. The van der Waals surface area contributed by atoms with Crippen molar-refractivity contribution in [3.63, 3.8) is 0 Å². The molecule has 0 aliphatic rings. The van der Waals surface area contributed by atoms with E-state index in [0.717, 1.165) is 27.2 Å². The molecule has 1 aromatic heterocycles. The minimum atomic E-state index is 0.293. The van der Waals surface area contributed by atoms with Crippen LogP contribution in [0.2, 0.25) is 0 Å². The number of anilines is 1. The summed E-state index contributed by atoms with van der Waals surface area (Å²) in [5.74, 6) is 1.08. The number of benzene rings is 2. The van der Waals surface area contributed by atoms with Crippen molar-refractivity contribution in [2.45, 2.75) is 0 Å². The molecular weight excluding hydrogens is 334 g/mol. The Labute approximate surface area is 150 Å². The normalized spacial score (nSPS) is 12.0. The average molecular weight is 353 g/mol. The SMILES string of the molecule is COc1ccc2nc(/C(N)=N\N=C\c3ccc(N(C)C)cc3)sc2c1. The first-order valence-electron chi connectivity index (χ1n) is 7.65. The molecule has 0 aliphatic carbocycles. The number of thiazole rings is 1. The molecule has 3 rings (SSSR count). The van der Waals surface area contributed by atoms with Gasteiger partial charge in [-0.2, -0.15) is 5.10 Å². The summed E-state index contributed by atoms with van der Waals surface area (Å²) in [5, 5.41) is 8.76. The van der Waals surface area contributed by atoms with Crippen LogP contribution < -0.4 is 15.4 Å². The molecule has 0 saturated carbocycles. The van der Waals surface area contributed by atoms with Gasteiger partial charge in [0.2, 0.25) is 0 Å². The number of hydrogen-bond donors (Lipinski definition) is 1. The first kappa shape index (κ1) is 16.9. The largest absolute Gasteiger partial charge is 0.497 e. The molecule has 2 N–H and O–H groups in total. The number of fused-ring (bicyclic) bond motifs is 1. The molecule has 0 saturated heterocycles. The Hall–Kier alpha value is -2.93. The Morgan fingerprint density at radius 2 is 1.96 bits per heavy atom. The fraction of sp³-hybridized carbons (Fsp3) is 0.167. The molecule has 0 radical (unpaired) electrons. The Balaban J connectivity index is 1.76. The zero-order valence-corrected chi connectivity index (χ0v) is 15.1. The van der Waals surface area contributed by atoms with Crippen LogP contribution in [0, 0.1) is 0 Å². The molecule has 0 atom stereocenters. The molecular formula is C18H19N5OS. The maximum Gasteiger partial charge on any atom is 0.182 e. The lowest BCUT2D eigenvalue weighted by molar-refractivity contribution is 0.415. The van der Waals surface area contributed by atoms with Crippen LogP contribution >= 0.6 is 11.3 Å². The van der Waals surface area contributed by atoms with Crippen molar-refractivity contribution in [3.8, 4) is 5.75 Å². The second-order valence-electron chi connectivity index (χ2n) is 5.57. The van der Waals surface area contributed by atoms with Crippen molar-refractivity contribution in [3.05, 3.63) is 53.0 Å². The van der Waals surface area contributed by atoms with E-state index in [1.807, 2.05) is 61.5 Å². The van der Waals surface area contributed by atoms with Gasteiger partial charge in [0.05, 0.1) is 23.5 Å². The van der Waals surface area contributed by atoms with Crippen molar-refractivity contribution >= 4 is 39.3 Å². The third-order valence-electron chi connectivity index (χ3n) is 3.60. The topological polar surface area (TPSA) is 76.1 Å². The van der Waals surface area contributed by atoms with Crippen molar-refractivity contribution < 1.29 is 4.74 Å². The van der Waals surface area contributed by atoms with E-state index in [1.54, 1.807) is 13.3 Å². The summed E-state index contributed by atoms with van der Waals surface area (Å²) in [5.41, 5.74) is 8.95. The van der Waals surface area contributed by atoms with Gasteiger partial charge in [-0.3, -0.25) is 0 Å². The van der Waals surface area contributed by atoms with Crippen LogP contribution in [0.4, 0.5) is 5.69 Å². The van der Waals surface area contributed by atoms with Crippen LogP contribution in [-0.4, -0.2) is 38.2 Å². The van der Waals surface area contributed by atoms with Crippen molar-refractivity contribution in [1.82, 2.24) is 4.98 Å². The van der Waals surface area contributed by atoms with Crippen molar-refractivity contribution in [1.29, 1.82) is 0 Å². The molecule has 2 aromatic carbocycles. The van der Waals surface area contributed by atoms with Gasteiger partial charge in [-0.15, -0.1) is 16.4 Å². The summed E-state index contributed by atoms with van der Waals surface area (Å²) in [6, 6.07) is 13.7. The standard InChI is InChI=1S/C18H19N5OS/c1-23(2)13-6-4-12(5-7-13)11-20-22-17(19)18-21-15-9-8-14(24-3)10-16(15)25-18/h4-11H,1-3H3,(H2,19,22)/b20-11+. The third kappa shape index (κ3) is 3.95. The summed E-state index contributed by atoms with van der Waals surface area (Å²) in [7, 11) is 5.64. The molecule has 0 unspecified atom stereocenters. The van der Waals surface area contributed by atoms with Gasteiger partial charge < -0.3 is 15.4 Å². The lowest BCUT2D eigenvalue weighted by atomic mass is 10.2. The molecule has 1 heterocycles. The van der Waals surface area contributed by atoms with Gasteiger partial charge in [0.15, 0.2) is 10.8 Å². The second kappa shape index (κ2) is 7.31. The highest BCUT2D eigenvalue weighted by Crippen LogP contribution is 2.26. The van der Waals surface area contributed by atoms with E-state index in [4.69, 9.17) is 10.5 Å². The summed E-state index contributed by atoms with van der Waals surface area (Å²) in [4.78, 5) is 6.51. The van der Waals surface area contributed by atoms with E-state index in [-0.39, 0.29) is 0 Å². The number of rotatable bonds is 5. The Bertz CT molecular complexity index is 928. The van der Waals surface area contributed by atoms with Gasteiger partial charge in [-0.05, 0) is 35.9 Å². The highest BCUT2D eigenvalue weighted by molar-refractivity contribution is 7.20. The monoisotopic (exact) mass is 353 g/mol. The molecule has 0 aliphatic heterocycles. The van der Waals surface area contributed by atoms with E-state index < -0.39 is 0 Å². The van der Waals surface area contributed by atoms with Gasteiger partial charge in [0.25, 0.3) is 0 Å². The molecule has 0 spiro atoms. The van der Waals surface area contributed by atoms with Crippen LogP contribution in [0.25, 0.3) is 10.2 Å². The quantitative estimate of drug-likeness (QED) is 0.434. The fourth-order valence-electron chi connectivity index (χ4n) is 2.20. The number of amidine groups is 1. The summed E-state index contributed by atoms with van der Waals surface area (Å²) < 4.78 is 6.22. The van der Waals surface area contributed by atoms with E-state index in [0.29, 0.717) is 10.8 Å². The molecule has 25 heavy (non-hydrogen) atoms. The zero-order chi connectivity index (χ0) is 17.8. The second-order valence-corrected chi connectivity index (χ2v) is 6.60. The smallest absolute Gasteiger partial charge is 0.182 e. The number of nitrogens with two attached hydrogens (primary N) is 1. The third-order valence-corrected chi connectivity index (χ3v) is 4.64. The van der Waals surface area contributed by atoms with E-state index in [9.17, 15) is 0 Å². The van der Waals surface area contributed by atoms with Crippen LogP contribution in [0.1, 0.15) is 10.6 Å². The predicted octanol–water partition coefficient (Wildman–Crippen LogP) is 3.11. The van der Waals surface area contributed by atoms with Gasteiger partial charge in [-0.25, -0.2) is 4.98 Å². The number of hydrogen-bond acceptors (Lipinski definition) is 6. The Kier molecular flexibility index (Phi) is 4.95. The summed E-state index contributed by atoms with van der Waals surface area (Å²) in [6.07, 6.45) is 1.67. The minimum Gasteiger partial charge on any atom is -0.497 e. The van der Waals surface area contributed by atoms with E-state index in [2.05, 4.69) is 15.2 Å². The Morgan fingerprint density at radius 3 is 2.64 bits per heavy atom. The zero-order valence-electron chi connectivity index (χ0n) is 14.3. The lowest BCUT2D eigenvalue weighted by Crippen LogP contribution is -2.12. The maximum absolute atomic E-state index is 6.00. The highest BCUT2D eigenvalue weighted by atomic mass is 32.1. The van der Waals surface area contributed by atoms with Crippen LogP contribution in [-0.2, 0) is 0 Å². The number of ether oxygens (including phenoxy) is 1. The van der Waals surface area contributed by atoms with E-state index in [1.165, 1.54) is 11.3 Å². The van der Waals surface area contributed by atoms with E-state index >= 15 is 0 Å². The van der Waals surface area contributed by atoms with Gasteiger partial charge in [-0.1, -0.05) is 12.1 Å². The van der Waals surface area contributed by atoms with Crippen molar-refractivity contribution in [2.75, 3.05) is 26.1 Å². The Morgan fingerprint density at radius 1 is 1.20 bits per heavy atom. The first-order valence-corrected chi connectivity index (χ1v) is 8.47. The maximum atomic E-state index is 6.00. The average Bonchev–Trinajstić information content (AvgIpc) is 3.05. The molecule has 3 aromatic rings. The lowest BCUT2D eigenvalue weighted by Gasteiger charge is -2.11. The molecule has 0 fully saturated rings. The van der Waals surface area contributed by atoms with Gasteiger partial charge in [0.1, 0.15) is 5.75 Å². The number of methoxy groups -OCH3 is 1. The minimum absolute atomic E-state index is 0.293. The van der Waals surface area contributed by atoms with Crippen LogP contribution in [0.3, 0.4) is 0 Å². The summed E-state index contributed by atoms with van der Waals surface area (Å²) >= 11 is 1.46. The molecule has 7 heteroatoms. The summed E-state index contributed by atoms with van der Waals surface area (Å²) in [6.45, 7) is 0. The number of aromatic nitrogens is 1. The molecule has 0 amide bonds. The predicted molar refractivity (Wildman–Crippen MR) is 105 cm³/mol. The first-order chi connectivity index (χ1) is 12.1. The number of nitrogens with zero attached hydrogens (tertiary/aromatic N) is 4. The van der Waals surface area contributed by atoms with Crippen molar-refractivity contribution in [2.24, 2.45) is 15.9 Å². The molecule has 0 bridgehead atoms. The highest BCUT2D eigenvalue weighted by Gasteiger charge is 2.08. The molecule has 6 nitrogen and oxygen atoms in total. The van der Waals surface area contributed by atoms with Crippen LogP contribution in [0.5, 0.6) is 5.75 Å². The van der Waals surface area contributed by atoms with Gasteiger partial charge >= 0.3 is 0 Å².